The highest BCUT2D eigenvalue weighted by Gasteiger charge is 2.21. The minimum atomic E-state index is 0.919. The van der Waals surface area contributed by atoms with E-state index in [1.165, 1.54) is 5.56 Å². The molecule has 2 heteroatoms. The zero-order chi connectivity index (χ0) is 7.97. The number of hydrogen-bond donors (Lipinski definition) is 0. The molecule has 3 rings (SSSR count). The first-order valence-electron chi connectivity index (χ1n) is 3.96. The van der Waals surface area contributed by atoms with E-state index in [1.54, 1.807) is 6.26 Å². The molecule has 0 saturated carbocycles. The van der Waals surface area contributed by atoms with Crippen LogP contribution in [0.15, 0.2) is 35.1 Å². The topological polar surface area (TPSA) is 26.0 Å². The van der Waals surface area contributed by atoms with Crippen molar-refractivity contribution >= 4 is 0 Å². The zero-order valence-corrected chi connectivity index (χ0v) is 6.45. The van der Waals surface area contributed by atoms with Gasteiger partial charge in [-0.3, -0.25) is 4.98 Å². The Morgan fingerprint density at radius 2 is 2.33 bits per heavy atom. The molecule has 0 amide bonds. The van der Waals surface area contributed by atoms with Crippen molar-refractivity contribution in [2.45, 2.75) is 6.42 Å². The van der Waals surface area contributed by atoms with Crippen LogP contribution >= 0.6 is 0 Å². The summed E-state index contributed by atoms with van der Waals surface area (Å²) in [5.41, 5.74) is 3.54. The molecule has 58 valence electrons. The van der Waals surface area contributed by atoms with Gasteiger partial charge in [-0.05, 0) is 18.2 Å². The molecule has 2 aromatic rings. The lowest BCUT2D eigenvalue weighted by Gasteiger charge is -1.94. The summed E-state index contributed by atoms with van der Waals surface area (Å²) in [6.45, 7) is 0. The fourth-order valence-electron chi connectivity index (χ4n) is 1.68. The molecule has 2 nitrogen and oxygen atoms in total. The van der Waals surface area contributed by atoms with Gasteiger partial charge in [0.15, 0.2) is 0 Å². The van der Waals surface area contributed by atoms with E-state index in [4.69, 9.17) is 4.42 Å². The van der Waals surface area contributed by atoms with Crippen LogP contribution in [0.3, 0.4) is 0 Å². The molecule has 0 saturated heterocycles. The van der Waals surface area contributed by atoms with Gasteiger partial charge in [-0.25, -0.2) is 0 Å². The van der Waals surface area contributed by atoms with Crippen LogP contribution in [0.4, 0.5) is 0 Å². The summed E-state index contributed by atoms with van der Waals surface area (Å²) in [4.78, 5) is 4.29. The average Bonchev–Trinajstić information content (AvgIpc) is 2.62. The Morgan fingerprint density at radius 1 is 1.33 bits per heavy atom. The molecule has 0 spiro atoms. The van der Waals surface area contributed by atoms with E-state index in [-0.39, 0.29) is 0 Å². The molecule has 2 aromatic heterocycles. The largest absolute Gasteiger partial charge is 0.464 e. The van der Waals surface area contributed by atoms with Crippen LogP contribution in [0.2, 0.25) is 0 Å². The third kappa shape index (κ3) is 0.619. The molecule has 0 bridgehead atoms. The van der Waals surface area contributed by atoms with Crippen LogP contribution in [-0.2, 0) is 6.42 Å². The fourth-order valence-corrected chi connectivity index (χ4v) is 1.68. The maximum Gasteiger partial charge on any atom is 0.139 e. The predicted octanol–water partition coefficient (Wildman–Crippen LogP) is 2.25. The van der Waals surface area contributed by atoms with Gasteiger partial charge in [-0.1, -0.05) is 0 Å². The molecule has 0 atom stereocenters. The molecule has 12 heavy (non-hydrogen) atoms. The molecule has 0 radical (unpaired) electrons. The van der Waals surface area contributed by atoms with E-state index in [2.05, 4.69) is 11.1 Å². The molecule has 2 heterocycles. The van der Waals surface area contributed by atoms with Crippen molar-refractivity contribution in [2.24, 2.45) is 0 Å². The first-order chi connectivity index (χ1) is 5.95. The summed E-state index contributed by atoms with van der Waals surface area (Å²) in [5.74, 6) is 0.998. The molecule has 0 fully saturated rings. The molecule has 1 aliphatic carbocycles. The number of furan rings is 1. The van der Waals surface area contributed by atoms with Gasteiger partial charge in [0.1, 0.15) is 5.76 Å². The SMILES string of the molecule is c1cnc2c(c1)-c1occc1C2. The molecule has 1 aliphatic rings. The van der Waals surface area contributed by atoms with Gasteiger partial charge >= 0.3 is 0 Å². The van der Waals surface area contributed by atoms with Crippen molar-refractivity contribution in [2.75, 3.05) is 0 Å². The maximum absolute atomic E-state index is 5.36. The Kier molecular flexibility index (Phi) is 0.987. The molecular formula is C10H7NO. The van der Waals surface area contributed by atoms with Crippen molar-refractivity contribution in [1.29, 1.82) is 0 Å². The highest BCUT2D eigenvalue weighted by atomic mass is 16.3. The van der Waals surface area contributed by atoms with E-state index >= 15 is 0 Å². The summed E-state index contributed by atoms with van der Waals surface area (Å²) in [7, 11) is 0. The van der Waals surface area contributed by atoms with Gasteiger partial charge in [-0.15, -0.1) is 0 Å². The second-order valence-electron chi connectivity index (χ2n) is 2.95. The highest BCUT2D eigenvalue weighted by molar-refractivity contribution is 5.69. The maximum atomic E-state index is 5.36. The fraction of sp³-hybridized carbons (Fsp3) is 0.100. The third-order valence-corrected chi connectivity index (χ3v) is 2.24. The van der Waals surface area contributed by atoms with Gasteiger partial charge < -0.3 is 4.42 Å². The second kappa shape index (κ2) is 1.97. The predicted molar refractivity (Wildman–Crippen MR) is 44.7 cm³/mol. The quantitative estimate of drug-likeness (QED) is 0.500. The standard InChI is InChI=1S/C10H7NO/c1-2-8-9(11-4-1)6-7-3-5-12-10(7)8/h1-5H,6H2. The molecule has 0 N–H and O–H groups in total. The number of nitrogens with zero attached hydrogens (tertiary/aromatic N) is 1. The normalized spacial score (nSPS) is 12.7. The Labute approximate surface area is 69.9 Å². The van der Waals surface area contributed by atoms with Crippen molar-refractivity contribution in [3.05, 3.63) is 41.9 Å². The van der Waals surface area contributed by atoms with Crippen LogP contribution in [-0.4, -0.2) is 4.98 Å². The highest BCUT2D eigenvalue weighted by Crippen LogP contribution is 2.35. The van der Waals surface area contributed by atoms with Gasteiger partial charge in [0.25, 0.3) is 0 Å². The Bertz CT molecular complexity index is 431. The summed E-state index contributed by atoms with van der Waals surface area (Å²) < 4.78 is 5.36. The van der Waals surface area contributed by atoms with Crippen LogP contribution in [0.25, 0.3) is 11.3 Å². The summed E-state index contributed by atoms with van der Waals surface area (Å²) >= 11 is 0. The van der Waals surface area contributed by atoms with Gasteiger partial charge in [0.2, 0.25) is 0 Å². The molecular weight excluding hydrogens is 150 g/mol. The Hall–Kier alpha value is -1.57. The smallest absolute Gasteiger partial charge is 0.139 e. The van der Waals surface area contributed by atoms with Crippen LogP contribution in [0, 0.1) is 0 Å². The van der Waals surface area contributed by atoms with E-state index in [0.29, 0.717) is 0 Å². The van der Waals surface area contributed by atoms with Gasteiger partial charge in [0.05, 0.1) is 12.0 Å². The van der Waals surface area contributed by atoms with Gasteiger partial charge in [0, 0.05) is 23.7 Å². The first-order valence-corrected chi connectivity index (χ1v) is 3.96. The second-order valence-corrected chi connectivity index (χ2v) is 2.95. The van der Waals surface area contributed by atoms with E-state index in [9.17, 15) is 0 Å². The van der Waals surface area contributed by atoms with Crippen LogP contribution < -0.4 is 0 Å². The van der Waals surface area contributed by atoms with Gasteiger partial charge in [-0.2, -0.15) is 0 Å². The van der Waals surface area contributed by atoms with E-state index in [0.717, 1.165) is 23.4 Å². The number of rotatable bonds is 0. The first kappa shape index (κ1) is 6.00. The van der Waals surface area contributed by atoms with E-state index in [1.807, 2.05) is 18.3 Å². The summed E-state index contributed by atoms with van der Waals surface area (Å²) in [6, 6.07) is 6.01. The molecule has 0 aromatic carbocycles. The third-order valence-electron chi connectivity index (χ3n) is 2.24. The van der Waals surface area contributed by atoms with E-state index < -0.39 is 0 Å². The summed E-state index contributed by atoms with van der Waals surface area (Å²) in [5, 5.41) is 0. The van der Waals surface area contributed by atoms with Crippen molar-refractivity contribution in [1.82, 2.24) is 4.98 Å². The Balaban J connectivity index is 2.34. The average molecular weight is 157 g/mol. The summed E-state index contributed by atoms with van der Waals surface area (Å²) in [6.07, 6.45) is 4.48. The number of hydrogen-bond acceptors (Lipinski definition) is 2. The van der Waals surface area contributed by atoms with Crippen LogP contribution in [0.5, 0.6) is 0 Å². The molecule has 0 aliphatic heterocycles. The lowest BCUT2D eigenvalue weighted by molar-refractivity contribution is 0.582. The monoisotopic (exact) mass is 157 g/mol. The lowest BCUT2D eigenvalue weighted by Crippen LogP contribution is -1.83. The van der Waals surface area contributed by atoms with Crippen molar-refractivity contribution in [3.8, 4) is 11.3 Å². The zero-order valence-electron chi connectivity index (χ0n) is 6.45. The lowest BCUT2D eigenvalue weighted by atomic mass is 10.2. The van der Waals surface area contributed by atoms with Crippen molar-refractivity contribution in [3.63, 3.8) is 0 Å². The number of fused-ring (bicyclic) bond motifs is 3. The Morgan fingerprint density at radius 3 is 3.33 bits per heavy atom. The number of pyridine rings is 1. The minimum absolute atomic E-state index is 0.919. The number of aromatic nitrogens is 1. The minimum Gasteiger partial charge on any atom is -0.464 e. The van der Waals surface area contributed by atoms with Crippen molar-refractivity contribution < 1.29 is 4.42 Å². The molecule has 0 unspecified atom stereocenters. The van der Waals surface area contributed by atoms with Crippen LogP contribution in [0.1, 0.15) is 11.3 Å².